The summed E-state index contributed by atoms with van der Waals surface area (Å²) < 4.78 is 2.29. The van der Waals surface area contributed by atoms with Crippen LogP contribution in [0.2, 0.25) is 0 Å². The summed E-state index contributed by atoms with van der Waals surface area (Å²) in [5, 5.41) is 9.61. The molecule has 226 valence electrons. The number of hydrogen-bond acceptors (Lipinski definition) is 2. The van der Waals surface area contributed by atoms with Crippen molar-refractivity contribution in [3.8, 4) is 28.2 Å². The molecule has 3 nitrogen and oxygen atoms in total. The predicted octanol–water partition coefficient (Wildman–Crippen LogP) is 10.9. The Morgan fingerprint density at radius 1 is 0.644 bits per heavy atom. The van der Waals surface area contributed by atoms with Crippen LogP contribution in [0.15, 0.2) is 127 Å². The largest absolute Gasteiger partial charge is 0.279 e. The molecule has 6 rings (SSSR count). The molecule has 1 heterocycles. The highest BCUT2D eigenvalue weighted by atomic mass is 15.3. The Morgan fingerprint density at radius 3 is 1.89 bits per heavy atom. The third-order valence-corrected chi connectivity index (χ3v) is 9.33. The summed E-state index contributed by atoms with van der Waals surface area (Å²) >= 11 is 0. The van der Waals surface area contributed by atoms with Gasteiger partial charge >= 0.3 is 0 Å². The first kappa shape index (κ1) is 30.3. The molecule has 0 N–H and O–H groups in total. The molecule has 0 amide bonds. The highest BCUT2D eigenvalue weighted by Gasteiger charge is 2.31. The lowest BCUT2D eigenvalue weighted by atomic mass is 9.71. The lowest BCUT2D eigenvalue weighted by Gasteiger charge is -2.32. The Kier molecular flexibility index (Phi) is 8.80. The number of aromatic nitrogens is 3. The first-order valence-electron chi connectivity index (χ1n) is 16.3. The van der Waals surface area contributed by atoms with Gasteiger partial charge in [0.2, 0.25) is 0 Å². The Morgan fingerprint density at radius 2 is 1.27 bits per heavy atom. The van der Waals surface area contributed by atoms with Crippen molar-refractivity contribution in [3.05, 3.63) is 161 Å². The van der Waals surface area contributed by atoms with E-state index < -0.39 is 0 Å². The molecular formula is C42H43N3. The second-order valence-electron chi connectivity index (χ2n) is 12.6. The van der Waals surface area contributed by atoms with Crippen LogP contribution >= 0.6 is 0 Å². The number of hydrogen-bond donors (Lipinski definition) is 0. The van der Waals surface area contributed by atoms with Crippen LogP contribution in [0.5, 0.6) is 0 Å². The average molecular weight is 590 g/mol. The first-order chi connectivity index (χ1) is 21.9. The number of benzene rings is 5. The fourth-order valence-electron chi connectivity index (χ4n) is 6.61. The van der Waals surface area contributed by atoms with Crippen molar-refractivity contribution >= 4 is 0 Å². The van der Waals surface area contributed by atoms with Gasteiger partial charge in [-0.3, -0.25) is 4.57 Å². The zero-order valence-electron chi connectivity index (χ0n) is 27.2. The molecule has 0 radical (unpaired) electrons. The van der Waals surface area contributed by atoms with Crippen LogP contribution in [0.3, 0.4) is 0 Å². The average Bonchev–Trinajstić information content (AvgIpc) is 3.53. The Bertz CT molecular complexity index is 1830. The SMILES string of the molecule is CCCCC(C)c1nnc(-c2cccc(-c3ccc(C(C)(c4ccccc4)c4ccccc4)cc3)c2)n1-c1ccc(C)cc1C. The number of aryl methyl sites for hydroxylation is 2. The molecule has 0 fully saturated rings. The minimum Gasteiger partial charge on any atom is -0.279 e. The van der Waals surface area contributed by atoms with Crippen LogP contribution in [-0.4, -0.2) is 14.8 Å². The minimum absolute atomic E-state index is 0.268. The van der Waals surface area contributed by atoms with Crippen LogP contribution in [0, 0.1) is 13.8 Å². The van der Waals surface area contributed by atoms with Gasteiger partial charge in [0, 0.05) is 16.9 Å². The molecule has 1 atom stereocenters. The van der Waals surface area contributed by atoms with Crippen molar-refractivity contribution in [2.45, 2.75) is 65.2 Å². The monoisotopic (exact) mass is 589 g/mol. The molecule has 0 saturated carbocycles. The van der Waals surface area contributed by atoms with E-state index in [4.69, 9.17) is 10.2 Å². The fourth-order valence-corrected chi connectivity index (χ4v) is 6.61. The van der Waals surface area contributed by atoms with Gasteiger partial charge in [0.15, 0.2) is 5.82 Å². The van der Waals surface area contributed by atoms with Crippen LogP contribution in [0.1, 0.15) is 79.6 Å². The van der Waals surface area contributed by atoms with Crippen molar-refractivity contribution < 1.29 is 0 Å². The van der Waals surface area contributed by atoms with E-state index in [1.807, 2.05) is 0 Å². The van der Waals surface area contributed by atoms with E-state index >= 15 is 0 Å². The number of rotatable bonds is 10. The van der Waals surface area contributed by atoms with E-state index in [-0.39, 0.29) is 5.41 Å². The molecule has 1 unspecified atom stereocenters. The summed E-state index contributed by atoms with van der Waals surface area (Å²) in [6.07, 6.45) is 3.44. The molecule has 0 saturated heterocycles. The topological polar surface area (TPSA) is 30.7 Å². The molecule has 3 heteroatoms. The van der Waals surface area contributed by atoms with Gasteiger partial charge in [-0.05, 0) is 72.7 Å². The highest BCUT2D eigenvalue weighted by Crippen LogP contribution is 2.40. The Balaban J connectivity index is 1.40. The van der Waals surface area contributed by atoms with Crippen LogP contribution in [0.4, 0.5) is 0 Å². The molecule has 6 aromatic rings. The van der Waals surface area contributed by atoms with Crippen molar-refractivity contribution in [2.75, 3.05) is 0 Å². The van der Waals surface area contributed by atoms with Gasteiger partial charge in [-0.15, -0.1) is 10.2 Å². The van der Waals surface area contributed by atoms with Gasteiger partial charge in [-0.2, -0.15) is 0 Å². The first-order valence-corrected chi connectivity index (χ1v) is 16.3. The Hall–Kier alpha value is -4.76. The van der Waals surface area contributed by atoms with Crippen LogP contribution in [-0.2, 0) is 5.41 Å². The summed E-state index contributed by atoms with van der Waals surface area (Å²) in [6, 6.07) is 46.1. The van der Waals surface area contributed by atoms with E-state index in [1.165, 1.54) is 46.2 Å². The van der Waals surface area contributed by atoms with E-state index in [9.17, 15) is 0 Å². The maximum absolute atomic E-state index is 4.82. The molecule has 0 bridgehead atoms. The van der Waals surface area contributed by atoms with E-state index in [2.05, 4.69) is 167 Å². The molecule has 1 aromatic heterocycles. The standard InChI is InChI=1S/C42H43N3/c1-6-7-15-31(3)40-43-44-41(45(40)39-27-22-30(2)28-32(39)4)35-17-14-16-34(29-35)33-23-25-38(26-24-33)42(5,36-18-10-8-11-19-36)37-20-12-9-13-21-37/h8-14,16-29,31H,6-7,15H2,1-5H3. The third-order valence-electron chi connectivity index (χ3n) is 9.33. The quantitative estimate of drug-likeness (QED) is 0.149. The number of unbranched alkanes of at least 4 members (excludes halogenated alkanes) is 1. The summed E-state index contributed by atoms with van der Waals surface area (Å²) in [5.74, 6) is 2.23. The van der Waals surface area contributed by atoms with Gasteiger partial charge in [0.05, 0.1) is 5.69 Å². The van der Waals surface area contributed by atoms with Crippen molar-refractivity contribution in [3.63, 3.8) is 0 Å². The zero-order valence-corrected chi connectivity index (χ0v) is 27.2. The summed E-state index contributed by atoms with van der Waals surface area (Å²) in [5.41, 5.74) is 10.6. The van der Waals surface area contributed by atoms with Crippen molar-refractivity contribution in [2.24, 2.45) is 0 Å². The lowest BCUT2D eigenvalue weighted by molar-refractivity contribution is 0.586. The molecule has 5 aromatic carbocycles. The molecule has 0 aliphatic carbocycles. The van der Waals surface area contributed by atoms with Crippen molar-refractivity contribution in [1.29, 1.82) is 0 Å². The summed E-state index contributed by atoms with van der Waals surface area (Å²) in [6.45, 7) is 11.2. The van der Waals surface area contributed by atoms with Crippen molar-refractivity contribution in [1.82, 2.24) is 14.8 Å². The van der Waals surface area contributed by atoms with E-state index in [0.29, 0.717) is 5.92 Å². The van der Waals surface area contributed by atoms with Gasteiger partial charge in [0.1, 0.15) is 5.82 Å². The highest BCUT2D eigenvalue weighted by molar-refractivity contribution is 5.72. The molecule has 0 aliphatic rings. The zero-order chi connectivity index (χ0) is 31.4. The second-order valence-corrected chi connectivity index (χ2v) is 12.6. The number of nitrogens with zero attached hydrogens (tertiary/aromatic N) is 3. The van der Waals surface area contributed by atoms with Gasteiger partial charge in [0.25, 0.3) is 0 Å². The van der Waals surface area contributed by atoms with Crippen LogP contribution in [0.25, 0.3) is 28.2 Å². The maximum Gasteiger partial charge on any atom is 0.168 e. The van der Waals surface area contributed by atoms with Gasteiger partial charge < -0.3 is 0 Å². The smallest absolute Gasteiger partial charge is 0.168 e. The van der Waals surface area contributed by atoms with E-state index in [1.54, 1.807) is 0 Å². The van der Waals surface area contributed by atoms with Gasteiger partial charge in [-0.1, -0.05) is 148 Å². The maximum atomic E-state index is 4.82. The lowest BCUT2D eigenvalue weighted by Crippen LogP contribution is -2.25. The fraction of sp³-hybridized carbons (Fsp3) is 0.238. The molecule has 0 aliphatic heterocycles. The Labute approximate surface area is 268 Å². The normalized spacial score (nSPS) is 12.3. The van der Waals surface area contributed by atoms with Gasteiger partial charge in [-0.25, -0.2) is 0 Å². The predicted molar refractivity (Wildman–Crippen MR) is 188 cm³/mol. The minimum atomic E-state index is -0.268. The summed E-state index contributed by atoms with van der Waals surface area (Å²) in [4.78, 5) is 0. The van der Waals surface area contributed by atoms with Crippen LogP contribution < -0.4 is 0 Å². The molecular weight excluding hydrogens is 546 g/mol. The van der Waals surface area contributed by atoms with E-state index in [0.717, 1.165) is 34.9 Å². The molecule has 0 spiro atoms. The second kappa shape index (κ2) is 13.1. The third kappa shape index (κ3) is 6.00. The molecule has 45 heavy (non-hydrogen) atoms. The summed E-state index contributed by atoms with van der Waals surface area (Å²) in [7, 11) is 0.